The van der Waals surface area contributed by atoms with Crippen molar-refractivity contribution in [1.82, 2.24) is 4.98 Å². The molecule has 0 bridgehead atoms. The monoisotopic (exact) mass is 260 g/mol. The third kappa shape index (κ3) is 2.76. The first-order chi connectivity index (χ1) is 8.90. The van der Waals surface area contributed by atoms with Crippen LogP contribution in [0.3, 0.4) is 0 Å². The Balaban J connectivity index is 2.21. The van der Waals surface area contributed by atoms with Crippen LogP contribution in [0.15, 0.2) is 30.5 Å². The zero-order valence-electron chi connectivity index (χ0n) is 10.9. The molecule has 5 nitrogen and oxygen atoms in total. The molecule has 2 aromatic rings. The summed E-state index contributed by atoms with van der Waals surface area (Å²) in [5.74, 6) is -1.29. The molecule has 2 rings (SSSR count). The van der Waals surface area contributed by atoms with Gasteiger partial charge in [0.25, 0.3) is 0 Å². The van der Waals surface area contributed by atoms with Gasteiger partial charge in [0.05, 0.1) is 17.5 Å². The number of benzene rings is 1. The molecule has 0 fully saturated rings. The Kier molecular flexibility index (Phi) is 3.29. The summed E-state index contributed by atoms with van der Waals surface area (Å²) >= 11 is 0. The summed E-state index contributed by atoms with van der Waals surface area (Å²) in [6.07, 6.45) is 1.50. The minimum absolute atomic E-state index is 0.207. The number of carbonyl (C=O) groups is 2. The van der Waals surface area contributed by atoms with Crippen molar-refractivity contribution >= 4 is 28.5 Å². The molecular formula is C14H16N2O3. The van der Waals surface area contributed by atoms with E-state index < -0.39 is 11.4 Å². The van der Waals surface area contributed by atoms with E-state index in [9.17, 15) is 9.59 Å². The maximum Gasteiger partial charge on any atom is 0.304 e. The summed E-state index contributed by atoms with van der Waals surface area (Å²) < 4.78 is 0. The molecule has 0 spiro atoms. The van der Waals surface area contributed by atoms with Crippen molar-refractivity contribution in [3.63, 3.8) is 0 Å². The van der Waals surface area contributed by atoms with Crippen LogP contribution in [-0.4, -0.2) is 22.0 Å². The number of hydrogen-bond donors (Lipinski definition) is 3. The minimum atomic E-state index is -0.987. The molecule has 1 amide bonds. The van der Waals surface area contributed by atoms with Crippen molar-refractivity contribution < 1.29 is 14.7 Å². The number of carboxylic acid groups (broad SMARTS) is 1. The molecule has 100 valence electrons. The number of anilines is 1. The second-order valence-electron chi connectivity index (χ2n) is 5.16. The molecule has 19 heavy (non-hydrogen) atoms. The minimum Gasteiger partial charge on any atom is -0.481 e. The van der Waals surface area contributed by atoms with Crippen molar-refractivity contribution in [2.75, 3.05) is 5.32 Å². The van der Waals surface area contributed by atoms with Crippen LogP contribution in [0.1, 0.15) is 20.3 Å². The van der Waals surface area contributed by atoms with E-state index in [-0.39, 0.29) is 12.3 Å². The first-order valence-corrected chi connectivity index (χ1v) is 5.99. The molecule has 0 radical (unpaired) electrons. The summed E-state index contributed by atoms with van der Waals surface area (Å²) in [5, 5.41) is 12.5. The molecule has 0 saturated heterocycles. The van der Waals surface area contributed by atoms with Gasteiger partial charge in [0.2, 0.25) is 5.91 Å². The van der Waals surface area contributed by atoms with E-state index in [4.69, 9.17) is 5.11 Å². The summed E-state index contributed by atoms with van der Waals surface area (Å²) in [5.41, 5.74) is 0.636. The van der Waals surface area contributed by atoms with E-state index in [0.717, 1.165) is 10.9 Å². The maximum absolute atomic E-state index is 12.1. The number of aromatic nitrogens is 1. The standard InChI is InChI=1S/C14H16N2O3/c1-14(2,7-12(17)18)13(19)16-11-8-15-10-6-4-3-5-9(10)11/h3-6,8,15H,7H2,1-2H3,(H,16,19)(H,17,18). The smallest absolute Gasteiger partial charge is 0.304 e. The van der Waals surface area contributed by atoms with E-state index in [1.54, 1.807) is 20.0 Å². The van der Waals surface area contributed by atoms with Crippen molar-refractivity contribution in [3.8, 4) is 0 Å². The molecular weight excluding hydrogens is 244 g/mol. The number of rotatable bonds is 4. The van der Waals surface area contributed by atoms with Gasteiger partial charge in [-0.25, -0.2) is 0 Å². The third-order valence-electron chi connectivity index (χ3n) is 3.05. The predicted molar refractivity (Wildman–Crippen MR) is 73.0 cm³/mol. The van der Waals surface area contributed by atoms with E-state index in [1.165, 1.54) is 0 Å². The quantitative estimate of drug-likeness (QED) is 0.790. The Morgan fingerprint density at radius 2 is 2.00 bits per heavy atom. The highest BCUT2D eigenvalue weighted by molar-refractivity contribution is 6.04. The number of aromatic amines is 1. The van der Waals surface area contributed by atoms with Gasteiger partial charge in [-0.05, 0) is 6.07 Å². The van der Waals surface area contributed by atoms with Gasteiger partial charge in [-0.15, -0.1) is 0 Å². The van der Waals surface area contributed by atoms with Gasteiger partial charge in [0.1, 0.15) is 0 Å². The maximum atomic E-state index is 12.1. The van der Waals surface area contributed by atoms with Crippen LogP contribution >= 0.6 is 0 Å². The highest BCUT2D eigenvalue weighted by Gasteiger charge is 2.30. The van der Waals surface area contributed by atoms with Crippen LogP contribution in [-0.2, 0) is 9.59 Å². The number of carboxylic acids is 1. The Morgan fingerprint density at radius 3 is 2.68 bits per heavy atom. The highest BCUT2D eigenvalue weighted by Crippen LogP contribution is 2.27. The van der Waals surface area contributed by atoms with Crippen LogP contribution in [0.2, 0.25) is 0 Å². The first-order valence-electron chi connectivity index (χ1n) is 5.99. The molecule has 1 aromatic heterocycles. The number of hydrogen-bond acceptors (Lipinski definition) is 2. The van der Waals surface area contributed by atoms with Crippen LogP contribution in [0, 0.1) is 5.41 Å². The van der Waals surface area contributed by atoms with Gasteiger partial charge in [-0.3, -0.25) is 9.59 Å². The van der Waals surface area contributed by atoms with Crippen molar-refractivity contribution in [1.29, 1.82) is 0 Å². The second-order valence-corrected chi connectivity index (χ2v) is 5.16. The van der Waals surface area contributed by atoms with E-state index in [0.29, 0.717) is 5.69 Å². The lowest BCUT2D eigenvalue weighted by molar-refractivity contribution is -0.142. The second kappa shape index (κ2) is 4.76. The van der Waals surface area contributed by atoms with Gasteiger partial charge in [0, 0.05) is 17.1 Å². The molecule has 0 unspecified atom stereocenters. The van der Waals surface area contributed by atoms with E-state index >= 15 is 0 Å². The number of nitrogens with one attached hydrogen (secondary N) is 2. The van der Waals surface area contributed by atoms with Gasteiger partial charge in [0.15, 0.2) is 0 Å². The number of fused-ring (bicyclic) bond motifs is 1. The summed E-state index contributed by atoms with van der Waals surface area (Å²) in [6.45, 7) is 3.23. The fourth-order valence-corrected chi connectivity index (χ4v) is 1.92. The predicted octanol–water partition coefficient (Wildman–Crippen LogP) is 2.61. The van der Waals surface area contributed by atoms with E-state index in [2.05, 4.69) is 10.3 Å². The highest BCUT2D eigenvalue weighted by atomic mass is 16.4. The van der Waals surface area contributed by atoms with Gasteiger partial charge in [-0.1, -0.05) is 32.0 Å². The average Bonchev–Trinajstić information content (AvgIpc) is 2.71. The number of amides is 1. The Hall–Kier alpha value is -2.30. The molecule has 0 aliphatic carbocycles. The summed E-state index contributed by atoms with van der Waals surface area (Å²) in [4.78, 5) is 25.9. The molecule has 0 aliphatic rings. The summed E-state index contributed by atoms with van der Waals surface area (Å²) in [6, 6.07) is 7.59. The summed E-state index contributed by atoms with van der Waals surface area (Å²) in [7, 11) is 0. The van der Waals surface area contributed by atoms with Gasteiger partial charge >= 0.3 is 5.97 Å². The molecule has 1 heterocycles. The lowest BCUT2D eigenvalue weighted by atomic mass is 9.88. The molecule has 0 aliphatic heterocycles. The number of H-pyrrole nitrogens is 1. The van der Waals surface area contributed by atoms with Crippen molar-refractivity contribution in [2.24, 2.45) is 5.41 Å². The van der Waals surface area contributed by atoms with Crippen LogP contribution in [0.5, 0.6) is 0 Å². The fraction of sp³-hybridized carbons (Fsp3) is 0.286. The topological polar surface area (TPSA) is 82.2 Å². The normalized spacial score (nSPS) is 11.5. The molecule has 3 N–H and O–H groups in total. The van der Waals surface area contributed by atoms with Crippen LogP contribution < -0.4 is 5.32 Å². The van der Waals surface area contributed by atoms with Gasteiger partial charge < -0.3 is 15.4 Å². The fourth-order valence-electron chi connectivity index (χ4n) is 1.92. The largest absolute Gasteiger partial charge is 0.481 e. The Labute approximate surface area is 110 Å². The molecule has 0 saturated carbocycles. The molecule has 5 heteroatoms. The SMILES string of the molecule is CC(C)(CC(=O)O)C(=O)Nc1c[nH]c2ccccc12. The zero-order chi connectivity index (χ0) is 14.0. The van der Waals surface area contributed by atoms with Gasteiger partial charge in [-0.2, -0.15) is 0 Å². The lowest BCUT2D eigenvalue weighted by Gasteiger charge is -2.21. The van der Waals surface area contributed by atoms with Crippen molar-refractivity contribution in [3.05, 3.63) is 30.5 Å². The Morgan fingerprint density at radius 1 is 1.32 bits per heavy atom. The van der Waals surface area contributed by atoms with E-state index in [1.807, 2.05) is 24.3 Å². The van der Waals surface area contributed by atoms with Crippen LogP contribution in [0.4, 0.5) is 5.69 Å². The number of para-hydroxylation sites is 1. The average molecular weight is 260 g/mol. The lowest BCUT2D eigenvalue weighted by Crippen LogP contribution is -2.32. The first kappa shape index (κ1) is 13.1. The number of aliphatic carboxylic acids is 1. The Bertz CT molecular complexity index is 628. The zero-order valence-corrected chi connectivity index (χ0v) is 10.9. The number of carbonyl (C=O) groups excluding carboxylic acids is 1. The third-order valence-corrected chi connectivity index (χ3v) is 3.05. The van der Waals surface area contributed by atoms with Crippen LogP contribution in [0.25, 0.3) is 10.9 Å². The molecule has 0 atom stereocenters. The molecule has 1 aromatic carbocycles. The van der Waals surface area contributed by atoms with Crippen molar-refractivity contribution in [2.45, 2.75) is 20.3 Å².